The van der Waals surface area contributed by atoms with Crippen LogP contribution in [0.2, 0.25) is 0 Å². The highest BCUT2D eigenvalue weighted by atomic mass is 32.2. The number of benzene rings is 3. The van der Waals surface area contributed by atoms with Crippen molar-refractivity contribution in [3.8, 4) is 16.9 Å². The third-order valence-corrected chi connectivity index (χ3v) is 6.74. The van der Waals surface area contributed by atoms with Crippen LogP contribution >= 0.6 is 0 Å². The molecule has 0 bridgehead atoms. The van der Waals surface area contributed by atoms with E-state index < -0.39 is 44.4 Å². The summed E-state index contributed by atoms with van der Waals surface area (Å²) in [5.41, 5.74) is -0.997. The highest BCUT2D eigenvalue weighted by Gasteiger charge is 2.36. The molecule has 1 aliphatic heterocycles. The molecule has 3 aromatic carbocycles. The lowest BCUT2D eigenvalue weighted by atomic mass is 10.0. The zero-order valence-electron chi connectivity index (χ0n) is 16.5. The molecular formula is C22H16F5NO3S. The van der Waals surface area contributed by atoms with Crippen LogP contribution in [0.1, 0.15) is 12.5 Å². The monoisotopic (exact) mass is 469 g/mol. The Morgan fingerprint density at radius 1 is 1.00 bits per heavy atom. The van der Waals surface area contributed by atoms with E-state index in [0.717, 1.165) is 40.7 Å². The van der Waals surface area contributed by atoms with Crippen molar-refractivity contribution < 1.29 is 35.1 Å². The lowest BCUT2D eigenvalue weighted by Gasteiger charge is -2.34. The number of fused-ring (bicyclic) bond motifs is 1. The van der Waals surface area contributed by atoms with Crippen LogP contribution in [0.5, 0.6) is 5.75 Å². The molecule has 1 heterocycles. The topological polar surface area (TPSA) is 46.6 Å². The van der Waals surface area contributed by atoms with Gasteiger partial charge in [0.15, 0.2) is 0 Å². The van der Waals surface area contributed by atoms with Gasteiger partial charge in [-0.15, -0.1) is 0 Å². The molecule has 168 valence electrons. The van der Waals surface area contributed by atoms with E-state index in [2.05, 4.69) is 0 Å². The van der Waals surface area contributed by atoms with Crippen LogP contribution in [-0.2, 0) is 16.2 Å². The average molecular weight is 469 g/mol. The third kappa shape index (κ3) is 4.02. The first-order chi connectivity index (χ1) is 15.0. The molecule has 0 saturated carbocycles. The van der Waals surface area contributed by atoms with Crippen LogP contribution in [0.25, 0.3) is 11.1 Å². The molecule has 1 aliphatic rings. The standard InChI is InChI=1S/C22H16F5NO3S/c1-13-12-28(32(29,30)17-4-2-3-15(10-17)22(25,26)27)20-9-14(5-8-21(20)31-13)18-11-16(23)6-7-19(18)24/h2-11,13H,12H2,1H3. The van der Waals surface area contributed by atoms with Crippen molar-refractivity contribution in [2.45, 2.75) is 24.1 Å². The molecule has 0 radical (unpaired) electrons. The first-order valence-corrected chi connectivity index (χ1v) is 10.9. The summed E-state index contributed by atoms with van der Waals surface area (Å²) in [6.07, 6.45) is -5.32. The quantitative estimate of drug-likeness (QED) is 0.468. The van der Waals surface area contributed by atoms with Crippen LogP contribution in [0, 0.1) is 11.6 Å². The molecule has 0 fully saturated rings. The number of halogens is 5. The molecular weight excluding hydrogens is 453 g/mol. The van der Waals surface area contributed by atoms with E-state index in [1.165, 1.54) is 18.2 Å². The SMILES string of the molecule is CC1CN(S(=O)(=O)c2cccc(C(F)(F)F)c2)c2cc(-c3cc(F)ccc3F)ccc2O1. The van der Waals surface area contributed by atoms with Crippen LogP contribution in [0.4, 0.5) is 27.6 Å². The molecule has 0 aromatic heterocycles. The summed E-state index contributed by atoms with van der Waals surface area (Å²) in [4.78, 5) is -0.547. The highest BCUT2D eigenvalue weighted by Crippen LogP contribution is 2.41. The molecule has 10 heteroatoms. The fraction of sp³-hybridized carbons (Fsp3) is 0.182. The largest absolute Gasteiger partial charge is 0.487 e. The fourth-order valence-corrected chi connectivity index (χ4v) is 5.06. The molecule has 4 nitrogen and oxygen atoms in total. The Hall–Kier alpha value is -3.14. The maximum atomic E-state index is 14.3. The van der Waals surface area contributed by atoms with Gasteiger partial charge < -0.3 is 4.74 Å². The first-order valence-electron chi connectivity index (χ1n) is 9.43. The van der Waals surface area contributed by atoms with Crippen LogP contribution < -0.4 is 9.04 Å². The second-order valence-electron chi connectivity index (χ2n) is 7.30. The number of ether oxygens (including phenoxy) is 1. The Bertz CT molecular complexity index is 1290. The van der Waals surface area contributed by atoms with Crippen molar-refractivity contribution >= 4 is 15.7 Å². The van der Waals surface area contributed by atoms with Crippen molar-refractivity contribution in [1.29, 1.82) is 0 Å². The fourth-order valence-electron chi connectivity index (χ4n) is 3.47. The number of hydrogen-bond acceptors (Lipinski definition) is 3. The Labute approximate surface area is 180 Å². The molecule has 32 heavy (non-hydrogen) atoms. The van der Waals surface area contributed by atoms with Gasteiger partial charge in [-0.3, -0.25) is 4.31 Å². The van der Waals surface area contributed by atoms with Gasteiger partial charge in [0.1, 0.15) is 23.5 Å². The predicted molar refractivity (Wildman–Crippen MR) is 108 cm³/mol. The van der Waals surface area contributed by atoms with Crippen LogP contribution in [0.15, 0.2) is 65.6 Å². The maximum Gasteiger partial charge on any atom is 0.416 e. The summed E-state index contributed by atoms with van der Waals surface area (Å²) in [5.74, 6) is -1.25. The smallest absolute Gasteiger partial charge is 0.416 e. The van der Waals surface area contributed by atoms with Gasteiger partial charge in [-0.25, -0.2) is 17.2 Å². The zero-order chi connectivity index (χ0) is 23.3. The third-order valence-electron chi connectivity index (χ3n) is 4.97. The van der Waals surface area contributed by atoms with Gasteiger partial charge in [-0.1, -0.05) is 12.1 Å². The summed E-state index contributed by atoms with van der Waals surface area (Å²) in [7, 11) is -4.42. The van der Waals surface area contributed by atoms with Crippen molar-refractivity contribution in [3.05, 3.63) is 77.9 Å². The normalized spacial score (nSPS) is 16.4. The van der Waals surface area contributed by atoms with E-state index in [0.29, 0.717) is 6.07 Å². The second kappa shape index (κ2) is 7.77. The predicted octanol–water partition coefficient (Wildman–Crippen LogP) is 5.63. The van der Waals surface area contributed by atoms with E-state index in [1.807, 2.05) is 0 Å². The number of hydrogen-bond donors (Lipinski definition) is 0. The number of sulfonamides is 1. The lowest BCUT2D eigenvalue weighted by molar-refractivity contribution is -0.137. The molecule has 1 unspecified atom stereocenters. The average Bonchev–Trinajstić information content (AvgIpc) is 2.74. The van der Waals surface area contributed by atoms with Gasteiger partial charge in [0, 0.05) is 5.56 Å². The van der Waals surface area contributed by atoms with Crippen LogP contribution in [-0.4, -0.2) is 21.1 Å². The van der Waals surface area contributed by atoms with Crippen molar-refractivity contribution in [3.63, 3.8) is 0 Å². The van der Waals surface area contributed by atoms with E-state index in [9.17, 15) is 30.4 Å². The number of rotatable bonds is 3. The Balaban J connectivity index is 1.84. The second-order valence-corrected chi connectivity index (χ2v) is 9.16. The summed E-state index contributed by atoms with van der Waals surface area (Å²) < 4.78 is 100. The first kappa shape index (κ1) is 22.1. The molecule has 3 aromatic rings. The molecule has 1 atom stereocenters. The summed E-state index contributed by atoms with van der Waals surface area (Å²) in [5, 5.41) is 0. The minimum Gasteiger partial charge on any atom is -0.487 e. The van der Waals surface area contributed by atoms with Gasteiger partial charge >= 0.3 is 6.18 Å². The van der Waals surface area contributed by atoms with E-state index >= 15 is 0 Å². The minimum absolute atomic E-state index is 0.0154. The summed E-state index contributed by atoms with van der Waals surface area (Å²) in [6.45, 7) is 1.43. The summed E-state index contributed by atoms with van der Waals surface area (Å²) in [6, 6.07) is 10.5. The lowest BCUT2D eigenvalue weighted by Crippen LogP contribution is -2.42. The van der Waals surface area contributed by atoms with Gasteiger partial charge in [0.05, 0.1) is 22.7 Å². The van der Waals surface area contributed by atoms with Crippen molar-refractivity contribution in [1.82, 2.24) is 0 Å². The van der Waals surface area contributed by atoms with E-state index in [4.69, 9.17) is 4.74 Å². The number of anilines is 1. The number of alkyl halides is 3. The van der Waals surface area contributed by atoms with Crippen LogP contribution in [0.3, 0.4) is 0 Å². The number of nitrogens with zero attached hydrogens (tertiary/aromatic N) is 1. The summed E-state index contributed by atoms with van der Waals surface area (Å²) >= 11 is 0. The minimum atomic E-state index is -4.72. The molecule has 0 saturated heterocycles. The van der Waals surface area contributed by atoms with E-state index in [-0.39, 0.29) is 29.1 Å². The molecule has 0 N–H and O–H groups in total. The zero-order valence-corrected chi connectivity index (χ0v) is 17.3. The van der Waals surface area contributed by atoms with Gasteiger partial charge in [0.25, 0.3) is 10.0 Å². The molecule has 4 rings (SSSR count). The van der Waals surface area contributed by atoms with Crippen molar-refractivity contribution in [2.24, 2.45) is 0 Å². The van der Waals surface area contributed by atoms with Gasteiger partial charge in [0.2, 0.25) is 0 Å². The van der Waals surface area contributed by atoms with Gasteiger partial charge in [-0.2, -0.15) is 13.2 Å². The Morgan fingerprint density at radius 3 is 2.47 bits per heavy atom. The van der Waals surface area contributed by atoms with Gasteiger partial charge in [-0.05, 0) is 61.0 Å². The van der Waals surface area contributed by atoms with Crippen molar-refractivity contribution in [2.75, 3.05) is 10.8 Å². The Kier molecular flexibility index (Phi) is 5.36. The Morgan fingerprint density at radius 2 is 1.75 bits per heavy atom. The highest BCUT2D eigenvalue weighted by molar-refractivity contribution is 7.92. The molecule has 0 amide bonds. The maximum absolute atomic E-state index is 14.3. The molecule has 0 aliphatic carbocycles. The molecule has 0 spiro atoms. The van der Waals surface area contributed by atoms with E-state index in [1.54, 1.807) is 6.92 Å².